The second-order valence-corrected chi connectivity index (χ2v) is 10.7. The Labute approximate surface area is 243 Å². The zero-order valence-corrected chi connectivity index (χ0v) is 24.3. The van der Waals surface area contributed by atoms with Gasteiger partial charge in [0.2, 0.25) is 11.8 Å². The molecule has 3 aromatic carbocycles. The van der Waals surface area contributed by atoms with E-state index in [0.29, 0.717) is 12.3 Å². The predicted molar refractivity (Wildman–Crippen MR) is 164 cm³/mol. The molecule has 0 radical (unpaired) electrons. The Morgan fingerprint density at radius 2 is 1.71 bits per heavy atom. The second kappa shape index (κ2) is 12.5. The van der Waals surface area contributed by atoms with E-state index in [-0.39, 0.29) is 17.7 Å². The molecule has 2 atom stereocenters. The molecule has 1 aromatic heterocycles. The van der Waals surface area contributed by atoms with Gasteiger partial charge in [0.05, 0.1) is 44.4 Å². The number of anilines is 1. The highest BCUT2D eigenvalue weighted by molar-refractivity contribution is 8.00. The van der Waals surface area contributed by atoms with Crippen molar-refractivity contribution in [3.05, 3.63) is 89.5 Å². The molecule has 10 heteroatoms. The van der Waals surface area contributed by atoms with Crippen LogP contribution in [0.3, 0.4) is 0 Å². The lowest BCUT2D eigenvalue weighted by Gasteiger charge is -2.29. The summed E-state index contributed by atoms with van der Waals surface area (Å²) in [5.74, 6) is 2.03. The molecule has 4 aromatic rings. The number of ether oxygens (including phenoxy) is 3. The molecule has 2 unspecified atom stereocenters. The number of rotatable bonds is 10. The van der Waals surface area contributed by atoms with E-state index >= 15 is 0 Å². The first-order valence-corrected chi connectivity index (χ1v) is 14.2. The summed E-state index contributed by atoms with van der Waals surface area (Å²) in [4.78, 5) is 17.5. The molecule has 3 N–H and O–H groups in total. The third-order valence-electron chi connectivity index (χ3n) is 6.91. The molecule has 0 aliphatic carbocycles. The number of aromatic nitrogens is 1. The van der Waals surface area contributed by atoms with Crippen LogP contribution >= 0.6 is 11.8 Å². The Hall–Kier alpha value is -4.28. The van der Waals surface area contributed by atoms with E-state index in [2.05, 4.69) is 11.4 Å². The maximum absolute atomic E-state index is 12.7. The number of carbonyl (C=O) groups excluding carboxylic acids is 1. The van der Waals surface area contributed by atoms with E-state index in [4.69, 9.17) is 30.0 Å². The lowest BCUT2D eigenvalue weighted by atomic mass is 9.98. The summed E-state index contributed by atoms with van der Waals surface area (Å²) in [5.41, 5.74) is 11.4. The zero-order valence-electron chi connectivity index (χ0n) is 23.5. The number of hydrogen-bond acceptors (Lipinski definition) is 9. The first kappa shape index (κ1) is 28.3. The van der Waals surface area contributed by atoms with Crippen molar-refractivity contribution >= 4 is 40.0 Å². The molecule has 2 heterocycles. The minimum Gasteiger partial charge on any atom is -0.497 e. The van der Waals surface area contributed by atoms with Gasteiger partial charge in [0.1, 0.15) is 17.0 Å². The largest absolute Gasteiger partial charge is 0.497 e. The van der Waals surface area contributed by atoms with E-state index in [9.17, 15) is 4.79 Å². The highest BCUT2D eigenvalue weighted by Crippen LogP contribution is 2.40. The number of carbonyl (C=O) groups is 1. The topological polar surface area (TPSA) is 111 Å². The van der Waals surface area contributed by atoms with Crippen molar-refractivity contribution in [3.63, 3.8) is 0 Å². The maximum atomic E-state index is 12.7. The summed E-state index contributed by atoms with van der Waals surface area (Å²) in [6, 6.07) is 23.0. The monoisotopic (exact) mass is 571 g/mol. The van der Waals surface area contributed by atoms with Gasteiger partial charge in [0.15, 0.2) is 0 Å². The summed E-state index contributed by atoms with van der Waals surface area (Å²) in [6.07, 6.45) is 0.573. The van der Waals surface area contributed by atoms with Crippen LogP contribution in [-0.2, 0) is 4.79 Å². The fourth-order valence-electron chi connectivity index (χ4n) is 4.73. The van der Waals surface area contributed by atoms with Gasteiger partial charge in [-0.1, -0.05) is 17.7 Å². The minimum atomic E-state index is -0.606. The number of methoxy groups -OCH3 is 3. The molecular formula is C31H33N5O4S. The first-order chi connectivity index (χ1) is 19.9. The average molecular weight is 572 g/mol. The van der Waals surface area contributed by atoms with Crippen molar-refractivity contribution in [1.82, 2.24) is 9.99 Å². The summed E-state index contributed by atoms with van der Waals surface area (Å²) < 4.78 is 16.5. The molecule has 5 rings (SSSR count). The highest BCUT2D eigenvalue weighted by Gasteiger charge is 2.35. The maximum Gasteiger partial charge on any atom is 0.234 e. The van der Waals surface area contributed by atoms with Gasteiger partial charge in [-0.15, -0.1) is 11.8 Å². The molecular weight excluding hydrogens is 538 g/mol. The highest BCUT2D eigenvalue weighted by atomic mass is 32.2. The van der Waals surface area contributed by atoms with Crippen molar-refractivity contribution < 1.29 is 19.0 Å². The van der Waals surface area contributed by atoms with E-state index in [1.54, 1.807) is 21.3 Å². The molecule has 212 valence electrons. The molecule has 0 spiro atoms. The normalized spacial score (nSPS) is 15.4. The van der Waals surface area contributed by atoms with Crippen molar-refractivity contribution in [1.29, 1.82) is 0 Å². The van der Waals surface area contributed by atoms with Gasteiger partial charge in [0.25, 0.3) is 0 Å². The lowest BCUT2D eigenvalue weighted by Crippen LogP contribution is -2.37. The zero-order chi connectivity index (χ0) is 28.9. The van der Waals surface area contributed by atoms with Gasteiger partial charge in [0, 0.05) is 23.1 Å². The lowest BCUT2D eigenvalue weighted by molar-refractivity contribution is -0.113. The van der Waals surface area contributed by atoms with Gasteiger partial charge in [-0.3, -0.25) is 9.80 Å². The average Bonchev–Trinajstić information content (AvgIpc) is 3.45. The van der Waals surface area contributed by atoms with E-state index in [1.165, 1.54) is 11.8 Å². The molecule has 1 aliphatic heterocycles. The fourth-order valence-corrected chi connectivity index (χ4v) is 5.47. The Balaban J connectivity index is 1.43. The third-order valence-corrected chi connectivity index (χ3v) is 7.90. The molecule has 1 aliphatic rings. The number of aryl methyl sites for hydroxylation is 1. The van der Waals surface area contributed by atoms with Gasteiger partial charge in [-0.05, 0) is 73.2 Å². The van der Waals surface area contributed by atoms with Crippen molar-refractivity contribution in [3.8, 4) is 17.4 Å². The molecule has 0 bridgehead atoms. The standard InChI is InChI=1S/C31H33N5O4S/c1-19-5-9-22(10-6-19)33-29(37)18-41-31(32)36-28(17-27(35-36)20-7-11-23(38-2)12-8-20)25-16-21-15-24(39-3)13-14-26(21)34-30(25)40-4/h5-16,28,31H,17-18,32H2,1-4H3,(H,33,37). The van der Waals surface area contributed by atoms with Crippen LogP contribution in [0.2, 0.25) is 0 Å². The molecule has 41 heavy (non-hydrogen) atoms. The number of hydrazone groups is 1. The number of nitrogens with zero attached hydrogens (tertiary/aromatic N) is 3. The second-order valence-electron chi connectivity index (χ2n) is 9.64. The van der Waals surface area contributed by atoms with E-state index in [0.717, 1.165) is 50.5 Å². The quantitative estimate of drug-likeness (QED) is 0.246. The smallest absolute Gasteiger partial charge is 0.234 e. The van der Waals surface area contributed by atoms with Crippen LogP contribution in [0.1, 0.15) is 29.2 Å². The number of nitrogens with two attached hydrogens (primary N) is 1. The number of amides is 1. The number of nitrogens with one attached hydrogen (secondary N) is 1. The number of pyridine rings is 1. The van der Waals surface area contributed by atoms with Crippen molar-refractivity contribution in [2.45, 2.75) is 24.9 Å². The predicted octanol–water partition coefficient (Wildman–Crippen LogP) is 5.33. The number of fused-ring (bicyclic) bond motifs is 1. The number of thioether (sulfide) groups is 1. The first-order valence-electron chi connectivity index (χ1n) is 13.1. The van der Waals surface area contributed by atoms with Crippen molar-refractivity contribution in [2.75, 3.05) is 32.4 Å². The van der Waals surface area contributed by atoms with Crippen LogP contribution in [0.15, 0.2) is 77.9 Å². The third kappa shape index (κ3) is 6.39. The van der Waals surface area contributed by atoms with Crippen molar-refractivity contribution in [2.24, 2.45) is 10.8 Å². The van der Waals surface area contributed by atoms with Gasteiger partial charge < -0.3 is 25.3 Å². The molecule has 0 fully saturated rings. The van der Waals surface area contributed by atoms with Gasteiger partial charge in [-0.2, -0.15) is 5.10 Å². The fraction of sp³-hybridized carbons (Fsp3) is 0.258. The van der Waals surface area contributed by atoms with E-state index in [1.807, 2.05) is 78.7 Å². The van der Waals surface area contributed by atoms with Crippen LogP contribution < -0.4 is 25.3 Å². The van der Waals surface area contributed by atoms with Gasteiger partial charge >= 0.3 is 0 Å². The molecule has 1 amide bonds. The Bertz CT molecular complexity index is 1560. The van der Waals surface area contributed by atoms with Crippen LogP contribution in [0.4, 0.5) is 5.69 Å². The van der Waals surface area contributed by atoms with Crippen LogP contribution in [0.5, 0.6) is 17.4 Å². The van der Waals surface area contributed by atoms with E-state index < -0.39 is 5.50 Å². The summed E-state index contributed by atoms with van der Waals surface area (Å²) in [6.45, 7) is 2.00. The summed E-state index contributed by atoms with van der Waals surface area (Å²) >= 11 is 1.31. The molecule has 0 saturated heterocycles. The van der Waals surface area contributed by atoms with Gasteiger partial charge in [-0.25, -0.2) is 4.98 Å². The van der Waals surface area contributed by atoms with Crippen LogP contribution in [0.25, 0.3) is 10.9 Å². The van der Waals surface area contributed by atoms with Crippen LogP contribution in [-0.4, -0.2) is 54.2 Å². The Morgan fingerprint density at radius 1 is 1.00 bits per heavy atom. The Morgan fingerprint density at radius 3 is 2.39 bits per heavy atom. The number of hydrogen-bond donors (Lipinski definition) is 2. The number of benzene rings is 3. The van der Waals surface area contributed by atoms with Crippen LogP contribution in [0, 0.1) is 6.92 Å². The summed E-state index contributed by atoms with van der Waals surface area (Å²) in [5, 5.41) is 10.6. The Kier molecular flexibility index (Phi) is 8.61. The molecule has 0 saturated carbocycles. The summed E-state index contributed by atoms with van der Waals surface area (Å²) in [7, 11) is 4.88. The SMILES string of the molecule is COc1ccc(C2=NN(C(N)SCC(=O)Nc3ccc(C)cc3)C(c3cc4cc(OC)ccc4nc3OC)C2)cc1. The molecule has 9 nitrogen and oxygen atoms in total. The minimum absolute atomic E-state index is 0.138.